The van der Waals surface area contributed by atoms with Crippen LogP contribution in [0.15, 0.2) is 279 Å². The molecule has 0 saturated heterocycles. The van der Waals surface area contributed by atoms with Gasteiger partial charge in [-0.2, -0.15) is 0 Å². The fourth-order valence-corrected chi connectivity index (χ4v) is 18.4. The van der Waals surface area contributed by atoms with Crippen molar-refractivity contribution in [2.45, 2.75) is 42.9 Å². The van der Waals surface area contributed by atoms with Gasteiger partial charge in [0.15, 0.2) is 0 Å². The predicted molar refractivity (Wildman–Crippen MR) is 352 cm³/mol. The van der Waals surface area contributed by atoms with Crippen molar-refractivity contribution in [3.05, 3.63) is 312 Å². The largest absolute Gasteiger partial charge is 0.309 e. The number of nitrogens with zero attached hydrogens (tertiary/aromatic N) is 2. The van der Waals surface area contributed by atoms with Gasteiger partial charge in [0.05, 0.1) is 27.5 Å². The molecule has 6 aliphatic rings. The number of hydrogen-bond acceptors (Lipinski definition) is 0. The van der Waals surface area contributed by atoms with E-state index in [1.807, 2.05) is 0 Å². The summed E-state index contributed by atoms with van der Waals surface area (Å²) in [5, 5.41) is 4.99. The maximum absolute atomic E-state index is 2.67. The van der Waals surface area contributed by atoms with Crippen LogP contribution in [0.5, 0.6) is 0 Å². The third-order valence-electron chi connectivity index (χ3n) is 21.6. The van der Waals surface area contributed by atoms with Crippen LogP contribution in [0.1, 0.15) is 65.5 Å². The van der Waals surface area contributed by atoms with Crippen LogP contribution in [-0.2, 0) is 10.8 Å². The Morgan fingerprint density at radius 1 is 0.259 bits per heavy atom. The van der Waals surface area contributed by atoms with Gasteiger partial charge >= 0.3 is 0 Å². The zero-order valence-corrected chi connectivity index (χ0v) is 47.3. The summed E-state index contributed by atoms with van der Waals surface area (Å²) in [5.41, 5.74) is 28.0. The van der Waals surface area contributed by atoms with Crippen molar-refractivity contribution in [1.29, 1.82) is 0 Å². The SMILES string of the molecule is c1ccc(-c2cccc(-n3c4ccccc4c4ccc(-c5ccc6c7ccccc7n(-c7ccc8c(c7)-c7cc(-c9ccc%10c(c9)C9(c%11ccccc%11-%10)C%10CC%11CC(C%10)CC9C%11)ccc7C8(c7ccccc7)c7ccccc7)c6c5)cc43)c2)cc1. The summed E-state index contributed by atoms with van der Waals surface area (Å²) in [5.74, 6) is 3.23. The molecule has 0 amide bonds. The van der Waals surface area contributed by atoms with E-state index in [-0.39, 0.29) is 5.41 Å². The molecule has 12 aromatic carbocycles. The van der Waals surface area contributed by atoms with Crippen molar-refractivity contribution in [3.8, 4) is 67.0 Å². The molecule has 0 radical (unpaired) electrons. The molecule has 6 aliphatic carbocycles. The highest BCUT2D eigenvalue weighted by Crippen LogP contribution is 2.70. The van der Waals surface area contributed by atoms with Crippen LogP contribution < -0.4 is 0 Å². The van der Waals surface area contributed by atoms with Crippen LogP contribution >= 0.6 is 0 Å². The van der Waals surface area contributed by atoms with Gasteiger partial charge in [0.2, 0.25) is 0 Å². The Bertz CT molecular complexity index is 5010. The first-order chi connectivity index (χ1) is 42.1. The lowest BCUT2D eigenvalue weighted by atomic mass is 9.43. The maximum Gasteiger partial charge on any atom is 0.0713 e. The van der Waals surface area contributed by atoms with E-state index < -0.39 is 5.41 Å². The van der Waals surface area contributed by atoms with E-state index in [9.17, 15) is 0 Å². The van der Waals surface area contributed by atoms with Crippen LogP contribution in [0.25, 0.3) is 111 Å². The Morgan fingerprint density at radius 2 is 0.718 bits per heavy atom. The van der Waals surface area contributed by atoms with Gasteiger partial charge in [-0.1, -0.05) is 218 Å². The van der Waals surface area contributed by atoms with Crippen molar-refractivity contribution in [3.63, 3.8) is 0 Å². The number of fused-ring (bicyclic) bond motifs is 12. The minimum atomic E-state index is -0.535. The van der Waals surface area contributed by atoms with E-state index in [2.05, 4.69) is 288 Å². The van der Waals surface area contributed by atoms with Crippen molar-refractivity contribution in [1.82, 2.24) is 9.13 Å². The molecule has 4 fully saturated rings. The molecule has 85 heavy (non-hydrogen) atoms. The molecular weight excluding hydrogens is 1020 g/mol. The van der Waals surface area contributed by atoms with E-state index in [4.69, 9.17) is 0 Å². The molecule has 14 aromatic rings. The van der Waals surface area contributed by atoms with Crippen molar-refractivity contribution in [2.75, 3.05) is 0 Å². The van der Waals surface area contributed by atoms with E-state index in [1.54, 1.807) is 11.1 Å². The van der Waals surface area contributed by atoms with Crippen LogP contribution in [-0.4, -0.2) is 9.13 Å². The molecule has 4 saturated carbocycles. The standard InChI is InChI=1S/C83H60N2/c1-4-17-54(18-5-1)55-19-16-24-64(46-55)84-78-29-14-11-26-68(78)70-37-32-58(49-80(70)84)59-33-38-71-69-27-12-15-30-79(69)85(81(71)50-59)65-35-40-76-73(51-65)72-47-56(34-39-75(72)82(76,60-20-6-2-7-21-60)61-22-8-3-9-23-61)57-31-36-67-66-25-10-13-28-74(66)83(77(67)48-57)62-42-52-41-53(44-62)45-63(83)43-52/h1-40,46-53,62-63H,41-45H2. The fourth-order valence-electron chi connectivity index (χ4n) is 18.4. The average molecular weight is 1090 g/mol. The molecule has 2 aromatic heterocycles. The molecule has 0 N–H and O–H groups in total. The van der Waals surface area contributed by atoms with Gasteiger partial charge in [0.1, 0.15) is 0 Å². The number of hydrogen-bond donors (Lipinski definition) is 0. The first kappa shape index (κ1) is 47.7. The van der Waals surface area contributed by atoms with Crippen molar-refractivity contribution >= 4 is 43.6 Å². The van der Waals surface area contributed by atoms with Gasteiger partial charge < -0.3 is 9.13 Å². The summed E-state index contributed by atoms with van der Waals surface area (Å²) < 4.78 is 4.99. The van der Waals surface area contributed by atoms with E-state index in [1.165, 1.54) is 154 Å². The van der Waals surface area contributed by atoms with E-state index >= 15 is 0 Å². The molecule has 402 valence electrons. The summed E-state index contributed by atoms with van der Waals surface area (Å²) in [6, 6.07) is 106. The number of benzene rings is 12. The lowest BCUT2D eigenvalue weighted by Gasteiger charge is -2.61. The Hall–Kier alpha value is -9.76. The molecule has 20 rings (SSSR count). The molecular formula is C83H60N2. The second-order valence-corrected chi connectivity index (χ2v) is 25.5. The lowest BCUT2D eigenvalue weighted by molar-refractivity contribution is -0.0399. The monoisotopic (exact) mass is 1080 g/mol. The Morgan fingerprint density at radius 3 is 1.36 bits per heavy atom. The number of para-hydroxylation sites is 2. The van der Waals surface area contributed by atoms with E-state index in [0.29, 0.717) is 11.8 Å². The zero-order valence-electron chi connectivity index (χ0n) is 47.3. The Labute approximate surface area is 495 Å². The molecule has 0 atom stereocenters. The molecule has 1 spiro atoms. The highest BCUT2D eigenvalue weighted by molar-refractivity contribution is 6.12. The van der Waals surface area contributed by atoms with Gasteiger partial charge in [0.25, 0.3) is 0 Å². The molecule has 0 unspecified atom stereocenters. The minimum absolute atomic E-state index is 0.105. The summed E-state index contributed by atoms with van der Waals surface area (Å²) in [6.07, 6.45) is 6.97. The number of rotatable bonds is 7. The highest BCUT2D eigenvalue weighted by Gasteiger charge is 2.61. The van der Waals surface area contributed by atoms with Gasteiger partial charge in [-0.3, -0.25) is 0 Å². The molecule has 2 heteroatoms. The first-order valence-electron chi connectivity index (χ1n) is 31.0. The van der Waals surface area contributed by atoms with Crippen molar-refractivity contribution in [2.24, 2.45) is 23.7 Å². The summed E-state index contributed by atoms with van der Waals surface area (Å²) in [6.45, 7) is 0. The second kappa shape index (κ2) is 17.9. The second-order valence-electron chi connectivity index (χ2n) is 25.5. The first-order valence-corrected chi connectivity index (χ1v) is 31.0. The predicted octanol–water partition coefficient (Wildman–Crippen LogP) is 21.0. The molecule has 2 heterocycles. The van der Waals surface area contributed by atoms with Crippen molar-refractivity contribution < 1.29 is 0 Å². The molecule has 2 nitrogen and oxygen atoms in total. The fraction of sp³-hybridized carbons (Fsp3) is 0.133. The maximum atomic E-state index is 2.67. The zero-order chi connectivity index (χ0) is 55.5. The highest BCUT2D eigenvalue weighted by atomic mass is 15.0. The summed E-state index contributed by atoms with van der Waals surface area (Å²) >= 11 is 0. The van der Waals surface area contributed by atoms with Gasteiger partial charge in [-0.05, 0) is 205 Å². The molecule has 4 bridgehead atoms. The summed E-state index contributed by atoms with van der Waals surface area (Å²) in [4.78, 5) is 0. The Kier molecular flexibility index (Phi) is 10.0. The van der Waals surface area contributed by atoms with Crippen LogP contribution in [0.4, 0.5) is 0 Å². The number of aromatic nitrogens is 2. The van der Waals surface area contributed by atoms with Gasteiger partial charge in [-0.25, -0.2) is 0 Å². The Balaban J connectivity index is 0.796. The third kappa shape index (κ3) is 6.60. The normalized spacial score (nSPS) is 20.1. The minimum Gasteiger partial charge on any atom is -0.309 e. The van der Waals surface area contributed by atoms with Gasteiger partial charge in [-0.15, -0.1) is 0 Å². The average Bonchev–Trinajstić information content (AvgIpc) is 1.72. The van der Waals surface area contributed by atoms with Crippen LogP contribution in [0.2, 0.25) is 0 Å². The lowest BCUT2D eigenvalue weighted by Crippen LogP contribution is -2.55. The van der Waals surface area contributed by atoms with Crippen LogP contribution in [0.3, 0.4) is 0 Å². The summed E-state index contributed by atoms with van der Waals surface area (Å²) in [7, 11) is 0. The topological polar surface area (TPSA) is 9.86 Å². The molecule has 0 aliphatic heterocycles. The smallest absolute Gasteiger partial charge is 0.0713 e. The third-order valence-corrected chi connectivity index (χ3v) is 21.6. The van der Waals surface area contributed by atoms with E-state index in [0.717, 1.165) is 23.2 Å². The van der Waals surface area contributed by atoms with Crippen LogP contribution in [0, 0.1) is 23.7 Å². The quantitative estimate of drug-likeness (QED) is 0.151. The van der Waals surface area contributed by atoms with Gasteiger partial charge in [0, 0.05) is 38.3 Å².